The summed E-state index contributed by atoms with van der Waals surface area (Å²) in [6.07, 6.45) is 0.894. The number of aryl methyl sites for hydroxylation is 1. The molecule has 0 aliphatic rings. The molecular formula is C12H18N2O2. The summed E-state index contributed by atoms with van der Waals surface area (Å²) in [4.78, 5) is 11.3. The highest BCUT2D eigenvalue weighted by atomic mass is 16.5. The van der Waals surface area contributed by atoms with Gasteiger partial charge in [0.25, 0.3) is 5.91 Å². The van der Waals surface area contributed by atoms with Crippen molar-refractivity contribution in [2.45, 2.75) is 13.3 Å². The molecule has 0 saturated carbocycles. The van der Waals surface area contributed by atoms with Gasteiger partial charge in [0.1, 0.15) is 5.75 Å². The molecule has 0 heterocycles. The zero-order valence-corrected chi connectivity index (χ0v) is 9.99. The fourth-order valence-corrected chi connectivity index (χ4v) is 1.36. The Balaban J connectivity index is 2.51. The van der Waals surface area contributed by atoms with Crippen LogP contribution in [-0.2, 0) is 11.2 Å². The molecule has 1 aromatic carbocycles. The van der Waals surface area contributed by atoms with Gasteiger partial charge in [-0.2, -0.15) is 0 Å². The molecule has 4 heteroatoms. The first-order chi connectivity index (χ1) is 7.63. The predicted molar refractivity (Wildman–Crippen MR) is 63.1 cm³/mol. The van der Waals surface area contributed by atoms with Crippen molar-refractivity contribution >= 4 is 5.91 Å². The maximum Gasteiger partial charge on any atom is 0.272 e. The molecule has 0 aliphatic heterocycles. The minimum absolute atomic E-state index is 0.0369. The second-order valence-electron chi connectivity index (χ2n) is 3.68. The van der Waals surface area contributed by atoms with Crippen molar-refractivity contribution < 1.29 is 9.53 Å². The molecule has 0 atom stereocenters. The summed E-state index contributed by atoms with van der Waals surface area (Å²) in [6.45, 7) is 2.09. The third-order valence-electron chi connectivity index (χ3n) is 2.06. The first-order valence-electron chi connectivity index (χ1n) is 5.31. The van der Waals surface area contributed by atoms with E-state index in [1.807, 2.05) is 24.3 Å². The highest BCUT2D eigenvalue weighted by Crippen LogP contribution is 2.17. The van der Waals surface area contributed by atoms with Crippen molar-refractivity contribution in [3.8, 4) is 5.75 Å². The molecule has 4 nitrogen and oxygen atoms in total. The van der Waals surface area contributed by atoms with Crippen molar-refractivity contribution in [3.63, 3.8) is 0 Å². The van der Waals surface area contributed by atoms with Gasteiger partial charge in [-0.1, -0.05) is 25.1 Å². The number of rotatable bonds is 5. The summed E-state index contributed by atoms with van der Waals surface area (Å²) in [5.41, 5.74) is 3.73. The van der Waals surface area contributed by atoms with Crippen LogP contribution in [0.25, 0.3) is 0 Å². The topological polar surface area (TPSA) is 41.6 Å². The SMILES string of the molecule is CCc1ccccc1OCC(=O)NN(C)C. The molecule has 0 saturated heterocycles. The molecule has 0 radical (unpaired) electrons. The molecular weight excluding hydrogens is 204 g/mol. The van der Waals surface area contributed by atoms with Gasteiger partial charge in [0.05, 0.1) is 0 Å². The van der Waals surface area contributed by atoms with E-state index in [2.05, 4.69) is 12.3 Å². The van der Waals surface area contributed by atoms with E-state index in [1.54, 1.807) is 19.1 Å². The number of nitrogens with one attached hydrogen (secondary N) is 1. The summed E-state index contributed by atoms with van der Waals surface area (Å²) in [6, 6.07) is 7.74. The number of ether oxygens (including phenoxy) is 1. The lowest BCUT2D eigenvalue weighted by molar-refractivity contribution is -0.126. The van der Waals surface area contributed by atoms with E-state index in [-0.39, 0.29) is 12.5 Å². The smallest absolute Gasteiger partial charge is 0.272 e. The number of benzene rings is 1. The Kier molecular flexibility index (Phi) is 4.79. The Morgan fingerprint density at radius 2 is 2.06 bits per heavy atom. The molecule has 0 unspecified atom stereocenters. The zero-order chi connectivity index (χ0) is 12.0. The van der Waals surface area contributed by atoms with Crippen LogP contribution in [0.3, 0.4) is 0 Å². The van der Waals surface area contributed by atoms with Gasteiger partial charge < -0.3 is 4.74 Å². The Labute approximate surface area is 96.2 Å². The van der Waals surface area contributed by atoms with Crippen molar-refractivity contribution in [1.82, 2.24) is 10.4 Å². The first kappa shape index (κ1) is 12.5. The summed E-state index contributed by atoms with van der Waals surface area (Å²) in [5, 5.41) is 1.59. The van der Waals surface area contributed by atoms with E-state index in [9.17, 15) is 4.79 Å². The number of hydrogen-bond acceptors (Lipinski definition) is 3. The van der Waals surface area contributed by atoms with Crippen LogP contribution in [0.4, 0.5) is 0 Å². The second kappa shape index (κ2) is 6.12. The van der Waals surface area contributed by atoms with Crippen LogP contribution in [0.1, 0.15) is 12.5 Å². The number of carbonyl (C=O) groups is 1. The normalized spacial score (nSPS) is 10.2. The average Bonchev–Trinajstić information content (AvgIpc) is 2.26. The van der Waals surface area contributed by atoms with Crippen LogP contribution >= 0.6 is 0 Å². The van der Waals surface area contributed by atoms with Crippen molar-refractivity contribution in [3.05, 3.63) is 29.8 Å². The molecule has 1 N–H and O–H groups in total. The number of nitrogens with zero attached hydrogens (tertiary/aromatic N) is 1. The zero-order valence-electron chi connectivity index (χ0n) is 9.99. The number of amides is 1. The lowest BCUT2D eigenvalue weighted by Gasteiger charge is -2.13. The van der Waals surface area contributed by atoms with Gasteiger partial charge >= 0.3 is 0 Å². The van der Waals surface area contributed by atoms with Crippen molar-refractivity contribution in [2.24, 2.45) is 0 Å². The molecule has 0 spiro atoms. The van der Waals surface area contributed by atoms with Crippen LogP contribution in [0, 0.1) is 0 Å². The summed E-state index contributed by atoms with van der Waals surface area (Å²) in [5.74, 6) is 0.620. The lowest BCUT2D eigenvalue weighted by atomic mass is 10.1. The van der Waals surface area contributed by atoms with Crippen LogP contribution in [0.2, 0.25) is 0 Å². The lowest BCUT2D eigenvalue weighted by Crippen LogP contribution is -2.39. The minimum Gasteiger partial charge on any atom is -0.483 e. The van der Waals surface area contributed by atoms with Crippen molar-refractivity contribution in [1.29, 1.82) is 0 Å². The van der Waals surface area contributed by atoms with Gasteiger partial charge in [0.15, 0.2) is 6.61 Å². The number of hydrogen-bond donors (Lipinski definition) is 1. The van der Waals surface area contributed by atoms with E-state index in [4.69, 9.17) is 4.74 Å². The van der Waals surface area contributed by atoms with E-state index in [0.29, 0.717) is 0 Å². The van der Waals surface area contributed by atoms with Gasteiger partial charge in [0.2, 0.25) is 0 Å². The highest BCUT2D eigenvalue weighted by Gasteiger charge is 2.05. The monoisotopic (exact) mass is 222 g/mol. The average molecular weight is 222 g/mol. The van der Waals surface area contributed by atoms with Gasteiger partial charge in [-0.05, 0) is 18.1 Å². The molecule has 88 valence electrons. The fourth-order valence-electron chi connectivity index (χ4n) is 1.36. The van der Waals surface area contributed by atoms with Crippen LogP contribution in [-0.4, -0.2) is 31.6 Å². The third kappa shape index (κ3) is 3.90. The van der Waals surface area contributed by atoms with E-state index in [0.717, 1.165) is 17.7 Å². The van der Waals surface area contributed by atoms with Crippen molar-refractivity contribution in [2.75, 3.05) is 20.7 Å². The summed E-state index contributed by atoms with van der Waals surface area (Å²) >= 11 is 0. The molecule has 0 bridgehead atoms. The van der Waals surface area contributed by atoms with Gasteiger partial charge in [0, 0.05) is 14.1 Å². The van der Waals surface area contributed by atoms with Crippen LogP contribution in [0.15, 0.2) is 24.3 Å². The molecule has 1 aromatic rings. The van der Waals surface area contributed by atoms with E-state index < -0.39 is 0 Å². The van der Waals surface area contributed by atoms with Crippen LogP contribution < -0.4 is 10.2 Å². The molecule has 0 aromatic heterocycles. The first-order valence-corrected chi connectivity index (χ1v) is 5.31. The second-order valence-corrected chi connectivity index (χ2v) is 3.68. The molecule has 1 amide bonds. The Bertz CT molecular complexity index is 351. The molecule has 16 heavy (non-hydrogen) atoms. The fraction of sp³-hybridized carbons (Fsp3) is 0.417. The van der Waals surface area contributed by atoms with Gasteiger partial charge in [-0.15, -0.1) is 0 Å². The number of para-hydroxylation sites is 1. The summed E-state index contributed by atoms with van der Waals surface area (Å²) in [7, 11) is 3.52. The Morgan fingerprint density at radius 1 is 1.38 bits per heavy atom. The molecule has 1 rings (SSSR count). The van der Waals surface area contributed by atoms with Gasteiger partial charge in [-0.3, -0.25) is 10.2 Å². The summed E-state index contributed by atoms with van der Waals surface area (Å²) < 4.78 is 5.45. The maximum absolute atomic E-state index is 11.3. The highest BCUT2D eigenvalue weighted by molar-refractivity contribution is 5.76. The van der Waals surface area contributed by atoms with E-state index in [1.165, 1.54) is 0 Å². The minimum atomic E-state index is -0.157. The number of carbonyl (C=O) groups excluding carboxylic acids is 1. The number of hydrazine groups is 1. The van der Waals surface area contributed by atoms with E-state index >= 15 is 0 Å². The van der Waals surface area contributed by atoms with Crippen LogP contribution in [0.5, 0.6) is 5.75 Å². The van der Waals surface area contributed by atoms with Gasteiger partial charge in [-0.25, -0.2) is 5.01 Å². The maximum atomic E-state index is 11.3. The Morgan fingerprint density at radius 3 is 2.69 bits per heavy atom. The largest absolute Gasteiger partial charge is 0.483 e. The molecule has 0 fully saturated rings. The predicted octanol–water partition coefficient (Wildman–Crippen LogP) is 1.22. The molecule has 0 aliphatic carbocycles. The standard InChI is InChI=1S/C12H18N2O2/c1-4-10-7-5-6-8-11(10)16-9-12(15)13-14(2)3/h5-8H,4,9H2,1-3H3,(H,13,15). The Hall–Kier alpha value is -1.55. The quantitative estimate of drug-likeness (QED) is 0.762. The third-order valence-corrected chi connectivity index (χ3v) is 2.06.